The summed E-state index contributed by atoms with van der Waals surface area (Å²) in [4.78, 5) is 26.7. The van der Waals surface area contributed by atoms with Gasteiger partial charge in [0, 0.05) is 18.1 Å². The number of carbonyl (C=O) groups excluding carboxylic acids is 2. The summed E-state index contributed by atoms with van der Waals surface area (Å²) >= 11 is 0. The molecular weight excluding hydrogens is 270 g/mol. The first-order valence-corrected chi connectivity index (χ1v) is 6.34. The van der Waals surface area contributed by atoms with E-state index in [-0.39, 0.29) is 12.3 Å². The summed E-state index contributed by atoms with van der Waals surface area (Å²) in [6.45, 7) is 0. The first-order valence-electron chi connectivity index (χ1n) is 6.34. The van der Waals surface area contributed by atoms with Crippen molar-refractivity contribution in [3.8, 4) is 0 Å². The van der Waals surface area contributed by atoms with E-state index in [1.807, 2.05) is 0 Å². The second-order valence-corrected chi connectivity index (χ2v) is 4.51. The quantitative estimate of drug-likeness (QED) is 0.768. The lowest BCUT2D eigenvalue weighted by atomic mass is 10.1. The average molecular weight is 285 g/mol. The fourth-order valence-corrected chi connectivity index (χ4v) is 1.83. The summed E-state index contributed by atoms with van der Waals surface area (Å²) < 4.78 is 0. The van der Waals surface area contributed by atoms with Gasteiger partial charge in [0.25, 0.3) is 5.91 Å². The zero-order valence-electron chi connectivity index (χ0n) is 11.2. The molecule has 0 saturated carbocycles. The maximum Gasteiger partial charge on any atom is 0.257 e. The van der Waals surface area contributed by atoms with Gasteiger partial charge in [0.15, 0.2) is 0 Å². The van der Waals surface area contributed by atoms with E-state index in [1.54, 1.807) is 42.6 Å². The molecule has 0 fully saturated rings. The molecular formula is C15H15N3O3. The van der Waals surface area contributed by atoms with Crippen molar-refractivity contribution in [1.29, 1.82) is 0 Å². The highest BCUT2D eigenvalue weighted by molar-refractivity contribution is 6.04. The molecule has 2 amide bonds. The number of nitrogens with zero attached hydrogens (tertiary/aromatic N) is 1. The Morgan fingerprint density at radius 1 is 1.29 bits per heavy atom. The Morgan fingerprint density at radius 2 is 2.10 bits per heavy atom. The molecule has 1 aromatic heterocycles. The SMILES string of the molecule is NC(=O)CC(O)c1cccc(NC(=O)c2cccnc2)c1. The number of nitrogens with one attached hydrogen (secondary N) is 1. The summed E-state index contributed by atoms with van der Waals surface area (Å²) in [5.74, 6) is -0.892. The van der Waals surface area contributed by atoms with Crippen LogP contribution in [-0.2, 0) is 4.79 Å². The van der Waals surface area contributed by atoms with Crippen molar-refractivity contribution in [3.05, 3.63) is 59.9 Å². The Morgan fingerprint density at radius 3 is 2.76 bits per heavy atom. The topological polar surface area (TPSA) is 105 Å². The molecule has 21 heavy (non-hydrogen) atoms. The van der Waals surface area contributed by atoms with Gasteiger partial charge in [0.05, 0.1) is 18.1 Å². The molecule has 1 unspecified atom stereocenters. The number of aliphatic hydroxyl groups excluding tert-OH is 1. The number of hydrogen-bond donors (Lipinski definition) is 3. The summed E-state index contributed by atoms with van der Waals surface area (Å²) in [6.07, 6.45) is 1.89. The predicted molar refractivity (Wildman–Crippen MR) is 77.4 cm³/mol. The number of carbonyl (C=O) groups is 2. The lowest BCUT2D eigenvalue weighted by molar-refractivity contribution is -0.119. The van der Waals surface area contributed by atoms with E-state index in [0.29, 0.717) is 16.8 Å². The molecule has 1 aromatic carbocycles. The Kier molecular flexibility index (Phi) is 4.63. The Bertz CT molecular complexity index is 644. The molecule has 0 aliphatic carbocycles. The maximum absolute atomic E-state index is 12.0. The molecule has 0 aliphatic rings. The Balaban J connectivity index is 2.11. The van der Waals surface area contributed by atoms with Gasteiger partial charge < -0.3 is 16.2 Å². The van der Waals surface area contributed by atoms with Crippen LogP contribution in [0.4, 0.5) is 5.69 Å². The van der Waals surface area contributed by atoms with E-state index in [2.05, 4.69) is 10.3 Å². The van der Waals surface area contributed by atoms with Crippen LogP contribution < -0.4 is 11.1 Å². The van der Waals surface area contributed by atoms with Gasteiger partial charge in [-0.2, -0.15) is 0 Å². The zero-order valence-corrected chi connectivity index (χ0v) is 11.2. The predicted octanol–water partition coefficient (Wildman–Crippen LogP) is 1.24. The molecule has 6 heteroatoms. The normalized spacial score (nSPS) is 11.7. The fourth-order valence-electron chi connectivity index (χ4n) is 1.83. The molecule has 2 rings (SSSR count). The Hall–Kier alpha value is -2.73. The average Bonchev–Trinajstić information content (AvgIpc) is 2.47. The number of nitrogens with two attached hydrogens (primary N) is 1. The van der Waals surface area contributed by atoms with Crippen molar-refractivity contribution >= 4 is 17.5 Å². The van der Waals surface area contributed by atoms with Crippen LogP contribution in [0.5, 0.6) is 0 Å². The second kappa shape index (κ2) is 6.62. The van der Waals surface area contributed by atoms with Crippen LogP contribution in [0, 0.1) is 0 Å². The molecule has 2 aromatic rings. The molecule has 0 saturated heterocycles. The minimum atomic E-state index is -0.988. The summed E-state index contributed by atoms with van der Waals surface area (Å²) in [5.41, 5.74) is 6.51. The van der Waals surface area contributed by atoms with Crippen molar-refractivity contribution in [2.45, 2.75) is 12.5 Å². The van der Waals surface area contributed by atoms with E-state index in [9.17, 15) is 14.7 Å². The van der Waals surface area contributed by atoms with Gasteiger partial charge in [-0.05, 0) is 29.8 Å². The minimum Gasteiger partial charge on any atom is -0.388 e. The van der Waals surface area contributed by atoms with Crippen molar-refractivity contribution in [2.24, 2.45) is 5.73 Å². The Labute approximate surface area is 121 Å². The molecule has 1 heterocycles. The van der Waals surface area contributed by atoms with Crippen LogP contribution in [0.25, 0.3) is 0 Å². The van der Waals surface area contributed by atoms with Gasteiger partial charge in [-0.3, -0.25) is 14.6 Å². The van der Waals surface area contributed by atoms with Crippen LogP contribution in [0.2, 0.25) is 0 Å². The third-order valence-corrected chi connectivity index (χ3v) is 2.85. The monoisotopic (exact) mass is 285 g/mol. The second-order valence-electron chi connectivity index (χ2n) is 4.51. The molecule has 0 bridgehead atoms. The standard InChI is InChI=1S/C15H15N3O3/c16-14(20)8-13(19)10-3-1-5-12(7-10)18-15(21)11-4-2-6-17-9-11/h1-7,9,13,19H,8H2,(H2,16,20)(H,18,21). The first-order chi connectivity index (χ1) is 10.1. The molecule has 0 radical (unpaired) electrons. The van der Waals surface area contributed by atoms with Crippen molar-refractivity contribution < 1.29 is 14.7 Å². The number of pyridine rings is 1. The third kappa shape index (κ3) is 4.12. The van der Waals surface area contributed by atoms with Crippen LogP contribution in [0.1, 0.15) is 28.4 Å². The molecule has 108 valence electrons. The molecule has 4 N–H and O–H groups in total. The zero-order chi connectivity index (χ0) is 15.2. The van der Waals surface area contributed by atoms with Gasteiger partial charge in [-0.1, -0.05) is 12.1 Å². The summed E-state index contributed by atoms with van der Waals surface area (Å²) in [5, 5.41) is 12.5. The fraction of sp³-hybridized carbons (Fsp3) is 0.133. The van der Waals surface area contributed by atoms with E-state index in [1.165, 1.54) is 6.20 Å². The number of hydrogen-bond acceptors (Lipinski definition) is 4. The lowest BCUT2D eigenvalue weighted by Gasteiger charge is -2.11. The van der Waals surface area contributed by atoms with Crippen molar-refractivity contribution in [2.75, 3.05) is 5.32 Å². The molecule has 6 nitrogen and oxygen atoms in total. The van der Waals surface area contributed by atoms with Gasteiger partial charge in [0.1, 0.15) is 0 Å². The van der Waals surface area contributed by atoms with Crippen LogP contribution >= 0.6 is 0 Å². The van der Waals surface area contributed by atoms with Gasteiger partial charge >= 0.3 is 0 Å². The highest BCUT2D eigenvalue weighted by Crippen LogP contribution is 2.20. The largest absolute Gasteiger partial charge is 0.388 e. The number of rotatable bonds is 5. The van der Waals surface area contributed by atoms with E-state index in [4.69, 9.17) is 5.73 Å². The summed E-state index contributed by atoms with van der Waals surface area (Å²) in [6, 6.07) is 9.94. The highest BCUT2D eigenvalue weighted by Gasteiger charge is 2.12. The summed E-state index contributed by atoms with van der Waals surface area (Å²) in [7, 11) is 0. The van der Waals surface area contributed by atoms with Crippen molar-refractivity contribution in [1.82, 2.24) is 4.98 Å². The molecule has 1 atom stereocenters. The highest BCUT2D eigenvalue weighted by atomic mass is 16.3. The number of benzene rings is 1. The molecule has 0 aliphatic heterocycles. The minimum absolute atomic E-state index is 0.167. The number of aliphatic hydroxyl groups is 1. The van der Waals surface area contributed by atoms with Crippen LogP contribution in [0.3, 0.4) is 0 Å². The number of anilines is 1. The molecule has 0 spiro atoms. The van der Waals surface area contributed by atoms with Crippen molar-refractivity contribution in [3.63, 3.8) is 0 Å². The van der Waals surface area contributed by atoms with E-state index >= 15 is 0 Å². The van der Waals surface area contributed by atoms with Gasteiger partial charge in [0.2, 0.25) is 5.91 Å². The van der Waals surface area contributed by atoms with Crippen LogP contribution in [-0.4, -0.2) is 21.9 Å². The van der Waals surface area contributed by atoms with E-state index < -0.39 is 12.0 Å². The maximum atomic E-state index is 12.0. The van der Waals surface area contributed by atoms with Gasteiger partial charge in [-0.25, -0.2) is 0 Å². The van der Waals surface area contributed by atoms with Crippen LogP contribution in [0.15, 0.2) is 48.8 Å². The van der Waals surface area contributed by atoms with Gasteiger partial charge in [-0.15, -0.1) is 0 Å². The third-order valence-electron chi connectivity index (χ3n) is 2.85. The van der Waals surface area contributed by atoms with E-state index in [0.717, 1.165) is 0 Å². The number of amides is 2. The number of aromatic nitrogens is 1. The smallest absolute Gasteiger partial charge is 0.257 e. The lowest BCUT2D eigenvalue weighted by Crippen LogP contribution is -2.15. The first kappa shape index (κ1) is 14.7. The number of primary amides is 1.